The summed E-state index contributed by atoms with van der Waals surface area (Å²) in [5, 5.41) is 0. The van der Waals surface area contributed by atoms with Gasteiger partial charge in [-0.05, 0) is 61.4 Å². The quantitative estimate of drug-likeness (QED) is 0.922. The molecule has 0 aromatic heterocycles. The zero-order valence-electron chi connectivity index (χ0n) is 10.6. The topological polar surface area (TPSA) is 46.2 Å². The molecule has 2 aromatic carbocycles. The van der Waals surface area contributed by atoms with Gasteiger partial charge in [-0.1, -0.05) is 22.0 Å². The molecule has 2 rings (SSSR count). The second-order valence-corrected chi connectivity index (χ2v) is 7.03. The molecular weight excluding hydrogens is 326 g/mol. The SMILES string of the molecule is Cc1cc(C)cc(NS(=O)(=O)c2ccc(Br)cc2)c1. The van der Waals surface area contributed by atoms with E-state index in [2.05, 4.69) is 20.7 Å². The van der Waals surface area contributed by atoms with E-state index in [-0.39, 0.29) is 4.90 Å². The lowest BCUT2D eigenvalue weighted by molar-refractivity contribution is 0.601. The second kappa shape index (κ2) is 5.35. The van der Waals surface area contributed by atoms with E-state index in [1.165, 1.54) is 0 Å². The summed E-state index contributed by atoms with van der Waals surface area (Å²) in [6.45, 7) is 3.87. The third-order valence-electron chi connectivity index (χ3n) is 2.60. The van der Waals surface area contributed by atoms with Gasteiger partial charge in [0.25, 0.3) is 10.0 Å². The summed E-state index contributed by atoms with van der Waals surface area (Å²) in [6, 6.07) is 12.2. The Hall–Kier alpha value is -1.33. The van der Waals surface area contributed by atoms with Crippen molar-refractivity contribution in [1.82, 2.24) is 0 Å². The molecule has 3 nitrogen and oxygen atoms in total. The van der Waals surface area contributed by atoms with Gasteiger partial charge in [0, 0.05) is 10.2 Å². The second-order valence-electron chi connectivity index (χ2n) is 4.44. The van der Waals surface area contributed by atoms with Crippen LogP contribution in [0.2, 0.25) is 0 Å². The highest BCUT2D eigenvalue weighted by Crippen LogP contribution is 2.20. The molecule has 0 aliphatic rings. The standard InChI is InChI=1S/C14H14BrNO2S/c1-10-7-11(2)9-13(8-10)16-19(17,18)14-5-3-12(15)4-6-14/h3-9,16H,1-2H3. The van der Waals surface area contributed by atoms with E-state index in [4.69, 9.17) is 0 Å². The first-order valence-corrected chi connectivity index (χ1v) is 8.01. The average Bonchev–Trinajstić information content (AvgIpc) is 2.27. The zero-order valence-corrected chi connectivity index (χ0v) is 13.0. The highest BCUT2D eigenvalue weighted by molar-refractivity contribution is 9.10. The number of hydrogen-bond donors (Lipinski definition) is 1. The van der Waals surface area contributed by atoms with Crippen LogP contribution < -0.4 is 4.72 Å². The number of aryl methyl sites for hydroxylation is 2. The lowest BCUT2D eigenvalue weighted by Gasteiger charge is -2.09. The first kappa shape index (κ1) is 14.1. The van der Waals surface area contributed by atoms with Crippen LogP contribution in [0.25, 0.3) is 0 Å². The molecule has 0 atom stereocenters. The summed E-state index contributed by atoms with van der Waals surface area (Å²) < 4.78 is 27.9. The van der Waals surface area contributed by atoms with E-state index in [0.29, 0.717) is 5.69 Å². The number of nitrogens with one attached hydrogen (secondary N) is 1. The van der Waals surface area contributed by atoms with E-state index in [1.54, 1.807) is 24.3 Å². The van der Waals surface area contributed by atoms with Crippen molar-refractivity contribution in [1.29, 1.82) is 0 Å². The zero-order chi connectivity index (χ0) is 14.0. The third kappa shape index (κ3) is 3.58. The highest BCUT2D eigenvalue weighted by atomic mass is 79.9. The number of rotatable bonds is 3. The predicted octanol–water partition coefficient (Wildman–Crippen LogP) is 3.87. The fourth-order valence-electron chi connectivity index (χ4n) is 1.86. The number of hydrogen-bond acceptors (Lipinski definition) is 2. The van der Waals surface area contributed by atoms with Crippen molar-refractivity contribution in [3.05, 3.63) is 58.1 Å². The van der Waals surface area contributed by atoms with Gasteiger partial charge in [-0.15, -0.1) is 0 Å². The molecular formula is C14H14BrNO2S. The van der Waals surface area contributed by atoms with Crippen LogP contribution in [0.1, 0.15) is 11.1 Å². The van der Waals surface area contributed by atoms with Crippen molar-refractivity contribution in [3.63, 3.8) is 0 Å². The van der Waals surface area contributed by atoms with Crippen molar-refractivity contribution in [3.8, 4) is 0 Å². The van der Waals surface area contributed by atoms with Gasteiger partial charge in [-0.25, -0.2) is 8.42 Å². The molecule has 0 heterocycles. The van der Waals surface area contributed by atoms with Crippen molar-refractivity contribution < 1.29 is 8.42 Å². The lowest BCUT2D eigenvalue weighted by Crippen LogP contribution is -2.13. The summed E-state index contributed by atoms with van der Waals surface area (Å²) in [7, 11) is -3.53. The summed E-state index contributed by atoms with van der Waals surface area (Å²) in [4.78, 5) is 0.245. The van der Waals surface area contributed by atoms with Gasteiger partial charge in [0.2, 0.25) is 0 Å². The Morgan fingerprint density at radius 3 is 2.00 bits per heavy atom. The Bertz CT molecular complexity index is 674. The minimum absolute atomic E-state index is 0.245. The Morgan fingerprint density at radius 1 is 0.947 bits per heavy atom. The molecule has 5 heteroatoms. The minimum Gasteiger partial charge on any atom is -0.280 e. The molecule has 0 saturated carbocycles. The van der Waals surface area contributed by atoms with Crippen LogP contribution in [0.4, 0.5) is 5.69 Å². The van der Waals surface area contributed by atoms with E-state index in [9.17, 15) is 8.42 Å². The van der Waals surface area contributed by atoms with Crippen molar-refractivity contribution in [2.45, 2.75) is 18.7 Å². The fraction of sp³-hybridized carbons (Fsp3) is 0.143. The Labute approximate surface area is 121 Å². The van der Waals surface area contributed by atoms with Crippen molar-refractivity contribution in [2.75, 3.05) is 4.72 Å². The molecule has 19 heavy (non-hydrogen) atoms. The van der Waals surface area contributed by atoms with Crippen LogP contribution in [0, 0.1) is 13.8 Å². The van der Waals surface area contributed by atoms with Gasteiger partial charge in [-0.2, -0.15) is 0 Å². The van der Waals surface area contributed by atoms with Gasteiger partial charge in [0.15, 0.2) is 0 Å². The minimum atomic E-state index is -3.53. The smallest absolute Gasteiger partial charge is 0.261 e. The maximum Gasteiger partial charge on any atom is 0.261 e. The highest BCUT2D eigenvalue weighted by Gasteiger charge is 2.14. The lowest BCUT2D eigenvalue weighted by atomic mass is 10.1. The Kier molecular flexibility index (Phi) is 3.96. The summed E-state index contributed by atoms with van der Waals surface area (Å²) >= 11 is 3.28. The molecule has 0 saturated heterocycles. The number of halogens is 1. The normalized spacial score (nSPS) is 11.3. The van der Waals surface area contributed by atoms with Crippen LogP contribution in [-0.4, -0.2) is 8.42 Å². The van der Waals surface area contributed by atoms with Crippen LogP contribution in [0.15, 0.2) is 51.8 Å². The summed E-state index contributed by atoms with van der Waals surface area (Å²) in [5.74, 6) is 0. The fourth-order valence-corrected chi connectivity index (χ4v) is 3.17. The van der Waals surface area contributed by atoms with Gasteiger partial charge in [0.1, 0.15) is 0 Å². The van der Waals surface area contributed by atoms with E-state index < -0.39 is 10.0 Å². The van der Waals surface area contributed by atoms with Crippen LogP contribution in [0.3, 0.4) is 0 Å². The first-order chi connectivity index (χ1) is 8.87. The van der Waals surface area contributed by atoms with E-state index >= 15 is 0 Å². The van der Waals surface area contributed by atoms with E-state index in [1.807, 2.05) is 32.0 Å². The molecule has 0 amide bonds. The number of anilines is 1. The monoisotopic (exact) mass is 339 g/mol. The third-order valence-corrected chi connectivity index (χ3v) is 4.52. The molecule has 0 radical (unpaired) electrons. The molecule has 1 N–H and O–H groups in total. The molecule has 0 aliphatic carbocycles. The van der Waals surface area contributed by atoms with Crippen LogP contribution in [0.5, 0.6) is 0 Å². The van der Waals surface area contributed by atoms with E-state index in [0.717, 1.165) is 15.6 Å². The molecule has 0 spiro atoms. The maximum atomic E-state index is 12.2. The first-order valence-electron chi connectivity index (χ1n) is 5.73. The predicted molar refractivity (Wildman–Crippen MR) is 80.9 cm³/mol. The molecule has 0 bridgehead atoms. The summed E-state index contributed by atoms with van der Waals surface area (Å²) in [5.41, 5.74) is 2.63. The molecule has 100 valence electrons. The van der Waals surface area contributed by atoms with Crippen LogP contribution >= 0.6 is 15.9 Å². The number of benzene rings is 2. The average molecular weight is 340 g/mol. The molecule has 0 aliphatic heterocycles. The van der Waals surface area contributed by atoms with Crippen LogP contribution in [-0.2, 0) is 10.0 Å². The van der Waals surface area contributed by atoms with Gasteiger partial charge in [-0.3, -0.25) is 4.72 Å². The van der Waals surface area contributed by atoms with Crippen molar-refractivity contribution in [2.24, 2.45) is 0 Å². The van der Waals surface area contributed by atoms with Gasteiger partial charge < -0.3 is 0 Å². The maximum absolute atomic E-state index is 12.2. The summed E-state index contributed by atoms with van der Waals surface area (Å²) in [6.07, 6.45) is 0. The Morgan fingerprint density at radius 2 is 1.47 bits per heavy atom. The number of sulfonamides is 1. The largest absolute Gasteiger partial charge is 0.280 e. The molecule has 0 fully saturated rings. The molecule has 2 aromatic rings. The van der Waals surface area contributed by atoms with Gasteiger partial charge in [0.05, 0.1) is 4.90 Å². The van der Waals surface area contributed by atoms with Crippen molar-refractivity contribution >= 4 is 31.6 Å². The Balaban J connectivity index is 2.33. The molecule has 0 unspecified atom stereocenters. The van der Waals surface area contributed by atoms with Gasteiger partial charge >= 0.3 is 0 Å².